The molecule has 1 amide bonds. The topological polar surface area (TPSA) is 59.8 Å². The highest BCUT2D eigenvalue weighted by Crippen LogP contribution is 2.41. The quantitative estimate of drug-likeness (QED) is 0.744. The molecule has 5 nitrogen and oxygen atoms in total. The van der Waals surface area contributed by atoms with Gasteiger partial charge in [-0.2, -0.15) is 0 Å². The van der Waals surface area contributed by atoms with Gasteiger partial charge in [-0.25, -0.2) is 0 Å². The predicted molar refractivity (Wildman–Crippen MR) is 105 cm³/mol. The maximum absolute atomic E-state index is 11.4. The molecule has 1 heterocycles. The van der Waals surface area contributed by atoms with Crippen LogP contribution in [0.1, 0.15) is 63.6 Å². The Balaban J connectivity index is 1.59. The van der Waals surface area contributed by atoms with Crippen LogP contribution in [-0.2, 0) is 4.79 Å². The second-order valence-electron chi connectivity index (χ2n) is 7.50. The highest BCUT2D eigenvalue weighted by atomic mass is 32.2. The zero-order valence-corrected chi connectivity index (χ0v) is 16.1. The Morgan fingerprint density at radius 1 is 1.19 bits per heavy atom. The third-order valence-electron chi connectivity index (χ3n) is 5.20. The molecule has 2 saturated carbocycles. The SMILES string of the molecule is CC(=O)Nc1cccc(-n2c(SCC3CCCCC3)nnc2C2CC2)c1. The van der Waals surface area contributed by atoms with Gasteiger partial charge in [-0.15, -0.1) is 10.2 Å². The van der Waals surface area contributed by atoms with Crippen molar-refractivity contribution < 1.29 is 4.79 Å². The molecule has 0 unspecified atom stereocenters. The van der Waals surface area contributed by atoms with Crippen molar-refractivity contribution in [3.8, 4) is 5.69 Å². The minimum atomic E-state index is -0.0554. The average Bonchev–Trinajstić information content (AvgIpc) is 3.40. The number of hydrogen-bond acceptors (Lipinski definition) is 4. The first-order valence-electron chi connectivity index (χ1n) is 9.67. The lowest BCUT2D eigenvalue weighted by Crippen LogP contribution is -2.10. The first-order valence-corrected chi connectivity index (χ1v) is 10.7. The van der Waals surface area contributed by atoms with E-state index in [-0.39, 0.29) is 5.91 Å². The van der Waals surface area contributed by atoms with Crippen LogP contribution >= 0.6 is 11.8 Å². The van der Waals surface area contributed by atoms with E-state index in [9.17, 15) is 4.79 Å². The van der Waals surface area contributed by atoms with Crippen LogP contribution in [0.25, 0.3) is 5.69 Å². The fraction of sp³-hybridized carbons (Fsp3) is 0.550. The van der Waals surface area contributed by atoms with Crippen molar-refractivity contribution >= 4 is 23.4 Å². The number of carbonyl (C=O) groups excluding carboxylic acids is 1. The molecule has 0 saturated heterocycles. The van der Waals surface area contributed by atoms with E-state index in [2.05, 4.69) is 26.1 Å². The second kappa shape index (κ2) is 7.82. The molecule has 2 aliphatic rings. The van der Waals surface area contributed by atoms with E-state index in [4.69, 9.17) is 0 Å². The van der Waals surface area contributed by atoms with Gasteiger partial charge in [0.15, 0.2) is 5.16 Å². The van der Waals surface area contributed by atoms with Crippen LogP contribution in [0, 0.1) is 5.92 Å². The molecule has 1 aromatic carbocycles. The Kier molecular flexibility index (Phi) is 5.29. The summed E-state index contributed by atoms with van der Waals surface area (Å²) in [5.41, 5.74) is 1.85. The summed E-state index contributed by atoms with van der Waals surface area (Å²) in [5.74, 6) is 3.45. The summed E-state index contributed by atoms with van der Waals surface area (Å²) >= 11 is 1.84. The molecular formula is C20H26N4OS. The van der Waals surface area contributed by atoms with E-state index in [1.165, 1.54) is 51.9 Å². The lowest BCUT2D eigenvalue weighted by Gasteiger charge is -2.21. The fourth-order valence-electron chi connectivity index (χ4n) is 3.70. The monoisotopic (exact) mass is 370 g/mol. The lowest BCUT2D eigenvalue weighted by atomic mass is 9.91. The zero-order chi connectivity index (χ0) is 17.9. The average molecular weight is 371 g/mol. The number of nitrogens with zero attached hydrogens (tertiary/aromatic N) is 3. The molecular weight excluding hydrogens is 344 g/mol. The maximum atomic E-state index is 11.4. The van der Waals surface area contributed by atoms with Gasteiger partial charge >= 0.3 is 0 Å². The summed E-state index contributed by atoms with van der Waals surface area (Å²) in [6.45, 7) is 1.53. The summed E-state index contributed by atoms with van der Waals surface area (Å²) in [6, 6.07) is 7.99. The predicted octanol–water partition coefficient (Wildman–Crippen LogP) is 4.78. The van der Waals surface area contributed by atoms with Gasteiger partial charge in [0.25, 0.3) is 0 Å². The summed E-state index contributed by atoms with van der Waals surface area (Å²) in [5, 5.41) is 12.9. The van der Waals surface area contributed by atoms with Crippen LogP contribution in [-0.4, -0.2) is 26.4 Å². The highest BCUT2D eigenvalue weighted by molar-refractivity contribution is 7.99. The summed E-state index contributed by atoms with van der Waals surface area (Å²) < 4.78 is 2.20. The summed E-state index contributed by atoms with van der Waals surface area (Å²) in [6.07, 6.45) is 9.18. The van der Waals surface area contributed by atoms with E-state index in [0.717, 1.165) is 34.0 Å². The van der Waals surface area contributed by atoms with Crippen molar-refractivity contribution in [1.82, 2.24) is 14.8 Å². The number of carbonyl (C=O) groups is 1. The van der Waals surface area contributed by atoms with Crippen LogP contribution < -0.4 is 5.32 Å². The summed E-state index contributed by atoms with van der Waals surface area (Å²) in [4.78, 5) is 11.4. The van der Waals surface area contributed by atoms with Gasteiger partial charge < -0.3 is 5.32 Å². The van der Waals surface area contributed by atoms with Crippen LogP contribution in [0.5, 0.6) is 0 Å². The van der Waals surface area contributed by atoms with E-state index < -0.39 is 0 Å². The van der Waals surface area contributed by atoms with Crippen LogP contribution in [0.4, 0.5) is 5.69 Å². The minimum absolute atomic E-state index is 0.0554. The van der Waals surface area contributed by atoms with Gasteiger partial charge in [-0.05, 0) is 49.8 Å². The molecule has 2 aliphatic carbocycles. The van der Waals surface area contributed by atoms with E-state index in [0.29, 0.717) is 5.92 Å². The normalized spacial score (nSPS) is 18.0. The molecule has 0 bridgehead atoms. The zero-order valence-electron chi connectivity index (χ0n) is 15.3. The Hall–Kier alpha value is -1.82. The van der Waals surface area contributed by atoms with Crippen molar-refractivity contribution in [2.75, 3.05) is 11.1 Å². The number of nitrogens with one attached hydrogen (secondary N) is 1. The van der Waals surface area contributed by atoms with Gasteiger partial charge in [0.2, 0.25) is 5.91 Å². The molecule has 4 rings (SSSR count). The standard InChI is InChI=1S/C20H26N4OS/c1-14(25)21-17-8-5-9-18(12-17)24-19(16-10-11-16)22-23-20(24)26-13-15-6-3-2-4-7-15/h5,8-9,12,15-16H,2-4,6-7,10-11,13H2,1H3,(H,21,25). The van der Waals surface area contributed by atoms with Crippen molar-refractivity contribution in [3.63, 3.8) is 0 Å². The van der Waals surface area contributed by atoms with Crippen molar-refractivity contribution in [2.24, 2.45) is 5.92 Å². The smallest absolute Gasteiger partial charge is 0.221 e. The number of amides is 1. The van der Waals surface area contributed by atoms with Gasteiger partial charge in [-0.3, -0.25) is 9.36 Å². The number of hydrogen-bond donors (Lipinski definition) is 1. The first-order chi connectivity index (χ1) is 12.7. The molecule has 0 aliphatic heterocycles. The Bertz CT molecular complexity index is 778. The third-order valence-corrected chi connectivity index (χ3v) is 6.36. The maximum Gasteiger partial charge on any atom is 0.221 e. The largest absolute Gasteiger partial charge is 0.326 e. The Morgan fingerprint density at radius 2 is 2.00 bits per heavy atom. The van der Waals surface area contributed by atoms with Crippen molar-refractivity contribution in [1.29, 1.82) is 0 Å². The Labute approximate surface area is 159 Å². The number of anilines is 1. The number of benzene rings is 1. The molecule has 2 fully saturated rings. The first kappa shape index (κ1) is 17.6. The molecule has 0 radical (unpaired) electrons. The van der Waals surface area contributed by atoms with Crippen LogP contribution in [0.3, 0.4) is 0 Å². The fourth-order valence-corrected chi connectivity index (χ4v) is 4.84. The third kappa shape index (κ3) is 4.11. The van der Waals surface area contributed by atoms with Gasteiger partial charge in [-0.1, -0.05) is 37.1 Å². The van der Waals surface area contributed by atoms with E-state index in [1.54, 1.807) is 0 Å². The highest BCUT2D eigenvalue weighted by Gasteiger charge is 2.31. The molecule has 0 atom stereocenters. The minimum Gasteiger partial charge on any atom is -0.326 e. The number of aromatic nitrogens is 3. The molecule has 138 valence electrons. The Morgan fingerprint density at radius 3 is 2.73 bits per heavy atom. The molecule has 6 heteroatoms. The molecule has 1 aromatic heterocycles. The second-order valence-corrected chi connectivity index (χ2v) is 8.48. The van der Waals surface area contributed by atoms with Gasteiger partial charge in [0, 0.05) is 24.3 Å². The molecule has 26 heavy (non-hydrogen) atoms. The van der Waals surface area contributed by atoms with Crippen molar-refractivity contribution in [2.45, 2.75) is 62.9 Å². The van der Waals surface area contributed by atoms with E-state index in [1.807, 2.05) is 30.0 Å². The van der Waals surface area contributed by atoms with Gasteiger partial charge in [0.05, 0.1) is 5.69 Å². The van der Waals surface area contributed by atoms with Crippen molar-refractivity contribution in [3.05, 3.63) is 30.1 Å². The van der Waals surface area contributed by atoms with Gasteiger partial charge in [0.1, 0.15) is 5.82 Å². The van der Waals surface area contributed by atoms with Crippen LogP contribution in [0.15, 0.2) is 29.4 Å². The van der Waals surface area contributed by atoms with E-state index >= 15 is 0 Å². The lowest BCUT2D eigenvalue weighted by molar-refractivity contribution is -0.114. The number of rotatable bonds is 6. The summed E-state index contributed by atoms with van der Waals surface area (Å²) in [7, 11) is 0. The molecule has 0 spiro atoms. The van der Waals surface area contributed by atoms with Crippen LogP contribution in [0.2, 0.25) is 0 Å². The molecule has 1 N–H and O–H groups in total. The number of thioether (sulfide) groups is 1. The molecule has 2 aromatic rings.